The second kappa shape index (κ2) is 9.23. The van der Waals surface area contributed by atoms with Gasteiger partial charge in [0.1, 0.15) is 5.76 Å². The highest BCUT2D eigenvalue weighted by Gasteiger charge is 2.13. The number of oxazole rings is 1. The largest absolute Gasteiger partial charge is 0.441 e. The molecule has 31 heavy (non-hydrogen) atoms. The smallest absolute Gasteiger partial charge is 0.255 e. The zero-order valence-electron chi connectivity index (χ0n) is 17.8. The number of amides is 1. The van der Waals surface area contributed by atoms with Gasteiger partial charge in [-0.05, 0) is 80.4 Å². The first-order valence-electron chi connectivity index (χ1n) is 10.1. The molecule has 0 aliphatic heterocycles. The lowest BCUT2D eigenvalue weighted by atomic mass is 10.1. The Hall–Kier alpha value is -3.31. The minimum Gasteiger partial charge on any atom is -0.441 e. The lowest BCUT2D eigenvalue weighted by molar-refractivity contribution is 0.102. The van der Waals surface area contributed by atoms with Crippen LogP contribution in [0.15, 0.2) is 82.1 Å². The number of hydrogen-bond donors (Lipinski definition) is 1. The van der Waals surface area contributed by atoms with E-state index < -0.39 is 0 Å². The van der Waals surface area contributed by atoms with Crippen LogP contribution in [-0.4, -0.2) is 10.9 Å². The summed E-state index contributed by atoms with van der Waals surface area (Å²) < 4.78 is 5.88. The Bertz CT molecular complexity index is 1200. The summed E-state index contributed by atoms with van der Waals surface area (Å²) in [4.78, 5) is 18.5. The van der Waals surface area contributed by atoms with E-state index in [9.17, 15) is 4.79 Å². The number of anilines is 1. The molecule has 1 aromatic heterocycles. The van der Waals surface area contributed by atoms with Gasteiger partial charge in [-0.1, -0.05) is 24.3 Å². The quantitative estimate of drug-likeness (QED) is 0.343. The van der Waals surface area contributed by atoms with Crippen molar-refractivity contribution in [2.75, 3.05) is 5.32 Å². The molecule has 4 rings (SSSR count). The molecule has 0 radical (unpaired) electrons. The third-order valence-corrected chi connectivity index (χ3v) is 6.19. The second-order valence-electron chi connectivity index (χ2n) is 7.45. The van der Waals surface area contributed by atoms with Gasteiger partial charge in [0.2, 0.25) is 5.89 Å². The van der Waals surface area contributed by atoms with Crippen molar-refractivity contribution < 1.29 is 9.21 Å². The maximum atomic E-state index is 12.6. The summed E-state index contributed by atoms with van der Waals surface area (Å²) >= 11 is 1.73. The van der Waals surface area contributed by atoms with E-state index in [1.807, 2.05) is 62.4 Å². The predicted octanol–water partition coefficient (Wildman–Crippen LogP) is 6.81. The van der Waals surface area contributed by atoms with Crippen LogP contribution < -0.4 is 5.32 Å². The molecule has 0 saturated carbocycles. The molecule has 1 N–H and O–H groups in total. The molecule has 0 bridgehead atoms. The maximum Gasteiger partial charge on any atom is 0.255 e. The van der Waals surface area contributed by atoms with E-state index in [0.717, 1.165) is 34.0 Å². The van der Waals surface area contributed by atoms with Crippen LogP contribution >= 0.6 is 11.8 Å². The zero-order valence-corrected chi connectivity index (χ0v) is 18.6. The van der Waals surface area contributed by atoms with E-state index in [1.54, 1.807) is 23.9 Å². The SMILES string of the molecule is Cc1ccc(NC(=O)c2ccc(-c3nc(CSc4ccccc4)c(C)o3)cc2)cc1C. The number of benzene rings is 3. The van der Waals surface area contributed by atoms with Gasteiger partial charge in [0.05, 0.1) is 5.69 Å². The molecule has 0 spiro atoms. The van der Waals surface area contributed by atoms with Crippen LogP contribution in [0, 0.1) is 20.8 Å². The van der Waals surface area contributed by atoms with Gasteiger partial charge < -0.3 is 9.73 Å². The van der Waals surface area contributed by atoms with Crippen molar-refractivity contribution in [2.24, 2.45) is 0 Å². The molecule has 0 atom stereocenters. The van der Waals surface area contributed by atoms with Crippen molar-refractivity contribution in [1.82, 2.24) is 4.98 Å². The van der Waals surface area contributed by atoms with Crippen LogP contribution in [0.4, 0.5) is 5.69 Å². The number of rotatable bonds is 6. The van der Waals surface area contributed by atoms with Crippen LogP contribution in [-0.2, 0) is 5.75 Å². The topological polar surface area (TPSA) is 55.1 Å². The summed E-state index contributed by atoms with van der Waals surface area (Å²) in [7, 11) is 0. The molecule has 0 fully saturated rings. The fraction of sp³-hybridized carbons (Fsp3) is 0.154. The Balaban J connectivity index is 1.44. The Kier molecular flexibility index (Phi) is 6.23. The van der Waals surface area contributed by atoms with Gasteiger partial charge in [-0.3, -0.25) is 4.79 Å². The highest BCUT2D eigenvalue weighted by atomic mass is 32.2. The first kappa shape index (κ1) is 20.9. The Morgan fingerprint density at radius 1 is 0.935 bits per heavy atom. The maximum absolute atomic E-state index is 12.6. The summed E-state index contributed by atoms with van der Waals surface area (Å²) in [6.07, 6.45) is 0. The second-order valence-corrected chi connectivity index (χ2v) is 8.50. The summed E-state index contributed by atoms with van der Waals surface area (Å²) in [5, 5.41) is 2.95. The van der Waals surface area contributed by atoms with E-state index in [1.165, 1.54) is 10.5 Å². The molecule has 156 valence electrons. The summed E-state index contributed by atoms with van der Waals surface area (Å²) in [5.41, 5.74) is 5.51. The Morgan fingerprint density at radius 2 is 1.68 bits per heavy atom. The molecule has 5 heteroatoms. The van der Waals surface area contributed by atoms with Gasteiger partial charge in [-0.2, -0.15) is 0 Å². The minimum atomic E-state index is -0.140. The molecule has 0 unspecified atom stereocenters. The van der Waals surface area contributed by atoms with Crippen LogP contribution in [0.5, 0.6) is 0 Å². The van der Waals surface area contributed by atoms with Gasteiger partial charge in [-0.15, -0.1) is 11.8 Å². The number of aryl methyl sites for hydroxylation is 3. The Morgan fingerprint density at radius 3 is 2.39 bits per heavy atom. The predicted molar refractivity (Wildman–Crippen MR) is 127 cm³/mol. The summed E-state index contributed by atoms with van der Waals surface area (Å²) in [5.74, 6) is 1.99. The lowest BCUT2D eigenvalue weighted by Crippen LogP contribution is -2.11. The van der Waals surface area contributed by atoms with Crippen LogP contribution in [0.3, 0.4) is 0 Å². The van der Waals surface area contributed by atoms with E-state index in [4.69, 9.17) is 4.42 Å². The number of nitrogens with one attached hydrogen (secondary N) is 1. The van der Waals surface area contributed by atoms with Crippen molar-refractivity contribution in [1.29, 1.82) is 0 Å². The van der Waals surface area contributed by atoms with E-state index in [-0.39, 0.29) is 5.91 Å². The third-order valence-electron chi connectivity index (χ3n) is 5.17. The van der Waals surface area contributed by atoms with Crippen molar-refractivity contribution in [3.63, 3.8) is 0 Å². The number of hydrogen-bond acceptors (Lipinski definition) is 4. The van der Waals surface area contributed by atoms with Crippen molar-refractivity contribution in [2.45, 2.75) is 31.4 Å². The average Bonchev–Trinajstić information content (AvgIpc) is 3.16. The molecule has 0 saturated heterocycles. The molecule has 0 aliphatic carbocycles. The molecule has 1 amide bonds. The zero-order chi connectivity index (χ0) is 21.8. The first-order chi connectivity index (χ1) is 15.0. The first-order valence-corrected chi connectivity index (χ1v) is 11.1. The molecule has 0 aliphatic rings. The van der Waals surface area contributed by atoms with Crippen molar-refractivity contribution >= 4 is 23.4 Å². The van der Waals surface area contributed by atoms with Crippen molar-refractivity contribution in [3.05, 3.63) is 101 Å². The normalized spacial score (nSPS) is 10.8. The number of carbonyl (C=O) groups excluding carboxylic acids is 1. The van der Waals surface area contributed by atoms with Crippen LogP contribution in [0.1, 0.15) is 32.9 Å². The minimum absolute atomic E-state index is 0.140. The number of aromatic nitrogens is 1. The number of nitrogens with zero attached hydrogens (tertiary/aromatic N) is 1. The molecule has 4 nitrogen and oxygen atoms in total. The average molecular weight is 429 g/mol. The van der Waals surface area contributed by atoms with Gasteiger partial charge in [-0.25, -0.2) is 4.98 Å². The lowest BCUT2D eigenvalue weighted by Gasteiger charge is -2.08. The molecule has 3 aromatic carbocycles. The molecule has 4 aromatic rings. The standard InChI is InChI=1S/C26H24N2O2S/c1-17-9-14-22(15-18(17)2)27-25(29)20-10-12-21(13-11-20)26-28-24(19(3)30-26)16-31-23-7-5-4-6-8-23/h4-15H,16H2,1-3H3,(H,27,29). The number of carbonyl (C=O) groups is 1. The monoisotopic (exact) mass is 428 g/mol. The summed E-state index contributed by atoms with van der Waals surface area (Å²) in [6, 6.07) is 23.5. The van der Waals surface area contributed by atoms with Crippen LogP contribution in [0.25, 0.3) is 11.5 Å². The third kappa shape index (κ3) is 5.06. The van der Waals surface area contributed by atoms with Crippen molar-refractivity contribution in [3.8, 4) is 11.5 Å². The summed E-state index contributed by atoms with van der Waals surface area (Å²) in [6.45, 7) is 6.02. The Labute approximate surface area is 186 Å². The van der Waals surface area contributed by atoms with Crippen LogP contribution in [0.2, 0.25) is 0 Å². The number of thioether (sulfide) groups is 1. The molecule has 1 heterocycles. The fourth-order valence-corrected chi connectivity index (χ4v) is 4.06. The van der Waals surface area contributed by atoms with Gasteiger partial charge in [0, 0.05) is 27.5 Å². The van der Waals surface area contributed by atoms with Gasteiger partial charge in [0.15, 0.2) is 0 Å². The van der Waals surface area contributed by atoms with Gasteiger partial charge >= 0.3 is 0 Å². The van der Waals surface area contributed by atoms with E-state index in [2.05, 4.69) is 29.4 Å². The molecular weight excluding hydrogens is 404 g/mol. The van der Waals surface area contributed by atoms with Gasteiger partial charge in [0.25, 0.3) is 5.91 Å². The van der Waals surface area contributed by atoms with E-state index in [0.29, 0.717) is 11.5 Å². The highest BCUT2D eigenvalue weighted by molar-refractivity contribution is 7.98. The molecular formula is C26H24N2O2S. The highest BCUT2D eigenvalue weighted by Crippen LogP contribution is 2.27. The van der Waals surface area contributed by atoms with E-state index >= 15 is 0 Å². The fourth-order valence-electron chi connectivity index (χ4n) is 3.14.